The van der Waals surface area contributed by atoms with Gasteiger partial charge in [0.25, 0.3) is 11.7 Å². The van der Waals surface area contributed by atoms with Gasteiger partial charge in [0.15, 0.2) is 0 Å². The highest BCUT2D eigenvalue weighted by atomic mass is 35.5. The molecule has 1 unspecified atom stereocenters. The summed E-state index contributed by atoms with van der Waals surface area (Å²) >= 11 is 6.26. The molecule has 0 saturated carbocycles. The van der Waals surface area contributed by atoms with Crippen molar-refractivity contribution in [3.63, 3.8) is 0 Å². The molecule has 0 radical (unpaired) electrons. The fraction of sp³-hybridized carbons (Fsp3) is 0.125. The lowest BCUT2D eigenvalue weighted by Crippen LogP contribution is -2.29. The van der Waals surface area contributed by atoms with E-state index in [1.807, 2.05) is 6.92 Å². The van der Waals surface area contributed by atoms with Gasteiger partial charge in [0.05, 0.1) is 11.6 Å². The van der Waals surface area contributed by atoms with Crippen LogP contribution < -0.4 is 4.90 Å². The minimum absolute atomic E-state index is 0.0966. The van der Waals surface area contributed by atoms with Crippen LogP contribution in [0.1, 0.15) is 28.3 Å². The maximum Gasteiger partial charge on any atom is 0.300 e. The molecule has 2 heterocycles. The first-order valence-electron chi connectivity index (χ1n) is 9.53. The average molecular weight is 437 g/mol. The van der Waals surface area contributed by atoms with E-state index in [-0.39, 0.29) is 16.9 Å². The Morgan fingerprint density at radius 1 is 1.10 bits per heavy atom. The molecular weight excluding hydrogens is 419 g/mol. The normalized spacial score (nSPS) is 17.9. The molecule has 1 atom stereocenters. The predicted molar refractivity (Wildman–Crippen MR) is 116 cm³/mol. The summed E-state index contributed by atoms with van der Waals surface area (Å²) in [5.41, 5.74) is 2.23. The second-order valence-electron chi connectivity index (χ2n) is 7.35. The Labute approximate surface area is 183 Å². The van der Waals surface area contributed by atoms with Crippen molar-refractivity contribution in [3.8, 4) is 0 Å². The van der Waals surface area contributed by atoms with Crippen molar-refractivity contribution < 1.29 is 19.1 Å². The summed E-state index contributed by atoms with van der Waals surface area (Å²) in [6.07, 6.45) is 3.10. The number of aromatic nitrogens is 1. The minimum atomic E-state index is -0.919. The lowest BCUT2D eigenvalue weighted by molar-refractivity contribution is -0.132. The van der Waals surface area contributed by atoms with Crippen molar-refractivity contribution in [2.75, 3.05) is 4.90 Å². The highest BCUT2D eigenvalue weighted by Gasteiger charge is 2.47. The number of halogens is 2. The highest BCUT2D eigenvalue weighted by molar-refractivity contribution is 6.51. The molecule has 1 amide bonds. The summed E-state index contributed by atoms with van der Waals surface area (Å²) in [5.74, 6) is -2.45. The molecule has 1 N–H and O–H groups in total. The zero-order valence-corrected chi connectivity index (χ0v) is 17.5. The molecule has 5 nitrogen and oxygen atoms in total. The zero-order chi connectivity index (χ0) is 22.3. The van der Waals surface area contributed by atoms with E-state index in [1.165, 1.54) is 29.3 Å². The van der Waals surface area contributed by atoms with Gasteiger partial charge >= 0.3 is 0 Å². The van der Waals surface area contributed by atoms with Crippen molar-refractivity contribution in [1.29, 1.82) is 0 Å². The maximum atomic E-state index is 13.7. The average Bonchev–Trinajstić information content (AvgIpc) is 3.03. The van der Waals surface area contributed by atoms with Gasteiger partial charge in [0.1, 0.15) is 11.6 Å². The first-order chi connectivity index (χ1) is 14.8. The molecule has 0 bridgehead atoms. The molecule has 31 heavy (non-hydrogen) atoms. The van der Waals surface area contributed by atoms with Crippen LogP contribution in [0.3, 0.4) is 0 Å². The van der Waals surface area contributed by atoms with Crippen LogP contribution in [-0.4, -0.2) is 21.8 Å². The van der Waals surface area contributed by atoms with Crippen LogP contribution in [0.4, 0.5) is 10.1 Å². The van der Waals surface area contributed by atoms with Gasteiger partial charge in [-0.25, -0.2) is 4.39 Å². The number of pyridine rings is 1. The fourth-order valence-electron chi connectivity index (χ4n) is 3.63. The summed E-state index contributed by atoms with van der Waals surface area (Å²) in [6.45, 7) is 3.38. The molecule has 1 aromatic heterocycles. The monoisotopic (exact) mass is 436 g/mol. The van der Waals surface area contributed by atoms with Gasteiger partial charge in [-0.05, 0) is 66.9 Å². The van der Waals surface area contributed by atoms with Crippen molar-refractivity contribution in [3.05, 3.63) is 99.6 Å². The first-order valence-corrected chi connectivity index (χ1v) is 9.91. The number of anilines is 1. The third-order valence-electron chi connectivity index (χ3n) is 5.31. The number of rotatable bonds is 3. The Bertz CT molecular complexity index is 1240. The Kier molecular flexibility index (Phi) is 5.33. The molecule has 1 saturated heterocycles. The van der Waals surface area contributed by atoms with Crippen molar-refractivity contribution in [2.24, 2.45) is 0 Å². The Balaban J connectivity index is 1.95. The topological polar surface area (TPSA) is 70.5 Å². The van der Waals surface area contributed by atoms with Gasteiger partial charge in [-0.1, -0.05) is 23.7 Å². The largest absolute Gasteiger partial charge is 0.507 e. The fourth-order valence-corrected chi connectivity index (χ4v) is 3.81. The van der Waals surface area contributed by atoms with Gasteiger partial charge in [-0.15, -0.1) is 0 Å². The van der Waals surface area contributed by atoms with Crippen LogP contribution in [0, 0.1) is 19.7 Å². The summed E-state index contributed by atoms with van der Waals surface area (Å²) in [7, 11) is 0. The van der Waals surface area contributed by atoms with Gasteiger partial charge < -0.3 is 5.11 Å². The van der Waals surface area contributed by atoms with Crippen molar-refractivity contribution in [1.82, 2.24) is 4.98 Å². The quantitative estimate of drug-likeness (QED) is 0.351. The molecule has 1 aliphatic heterocycles. The lowest BCUT2D eigenvalue weighted by atomic mass is 9.95. The number of Topliss-reactive ketones (excluding diaryl/α,β-unsaturated/α-hetero) is 1. The van der Waals surface area contributed by atoms with Crippen molar-refractivity contribution in [2.45, 2.75) is 19.9 Å². The van der Waals surface area contributed by atoms with E-state index in [1.54, 1.807) is 43.5 Å². The highest BCUT2D eigenvalue weighted by Crippen LogP contribution is 2.42. The summed E-state index contributed by atoms with van der Waals surface area (Å²) in [5, 5.41) is 11.5. The summed E-state index contributed by atoms with van der Waals surface area (Å²) < 4.78 is 13.7. The molecular formula is C24H18ClFN2O3. The zero-order valence-electron chi connectivity index (χ0n) is 16.8. The summed E-state index contributed by atoms with van der Waals surface area (Å²) in [4.78, 5) is 31.5. The smallest absolute Gasteiger partial charge is 0.300 e. The SMILES string of the molecule is Cc1cc(/C(O)=C2\C(=O)C(=O)N(c3ccc(C)c(Cl)c3)C2c2cccnc2)ccc1F. The van der Waals surface area contributed by atoms with Crippen LogP contribution in [0.25, 0.3) is 5.76 Å². The number of carbonyl (C=O) groups excluding carboxylic acids is 2. The van der Waals surface area contributed by atoms with E-state index in [0.29, 0.717) is 21.8 Å². The molecule has 0 spiro atoms. The number of aryl methyl sites for hydroxylation is 2. The number of amides is 1. The molecule has 7 heteroatoms. The van der Waals surface area contributed by atoms with Gasteiger partial charge in [-0.3, -0.25) is 19.5 Å². The number of aliphatic hydroxyl groups is 1. The molecule has 156 valence electrons. The van der Waals surface area contributed by atoms with Gasteiger partial charge in [0, 0.05) is 28.7 Å². The summed E-state index contributed by atoms with van der Waals surface area (Å²) in [6, 6.07) is 11.5. The standard InChI is InChI=1S/C24H18ClFN2O3/c1-13-5-7-17(11-18(13)25)28-21(16-4-3-9-27-12-16)20(23(30)24(28)31)22(29)15-6-8-19(26)14(2)10-15/h3-12,21,29H,1-2H3/b22-20+. The Morgan fingerprint density at radius 3 is 2.52 bits per heavy atom. The first kappa shape index (κ1) is 20.8. The Hall–Kier alpha value is -3.51. The molecule has 0 aliphatic carbocycles. The van der Waals surface area contributed by atoms with Crippen LogP contribution in [0.2, 0.25) is 5.02 Å². The van der Waals surface area contributed by atoms with Crippen LogP contribution in [-0.2, 0) is 9.59 Å². The second-order valence-corrected chi connectivity index (χ2v) is 7.76. The van der Waals surface area contributed by atoms with E-state index in [2.05, 4.69) is 4.98 Å². The molecule has 2 aromatic carbocycles. The molecule has 1 aliphatic rings. The van der Waals surface area contributed by atoms with Gasteiger partial charge in [0.2, 0.25) is 0 Å². The molecule has 3 aromatic rings. The van der Waals surface area contributed by atoms with Gasteiger partial charge in [-0.2, -0.15) is 0 Å². The van der Waals surface area contributed by atoms with E-state index >= 15 is 0 Å². The van der Waals surface area contributed by atoms with Crippen LogP contribution >= 0.6 is 11.6 Å². The minimum Gasteiger partial charge on any atom is -0.507 e. The van der Waals surface area contributed by atoms with E-state index in [9.17, 15) is 19.1 Å². The maximum absolute atomic E-state index is 13.7. The third-order valence-corrected chi connectivity index (χ3v) is 5.72. The number of ketones is 1. The predicted octanol–water partition coefficient (Wildman–Crippen LogP) is 5.12. The van der Waals surface area contributed by atoms with E-state index in [0.717, 1.165) is 5.56 Å². The number of nitrogens with zero attached hydrogens (tertiary/aromatic N) is 2. The molecule has 1 fully saturated rings. The Morgan fingerprint density at radius 2 is 1.87 bits per heavy atom. The lowest BCUT2D eigenvalue weighted by Gasteiger charge is -2.25. The van der Waals surface area contributed by atoms with E-state index < -0.39 is 23.5 Å². The number of benzene rings is 2. The number of hydrogen-bond donors (Lipinski definition) is 1. The van der Waals surface area contributed by atoms with Crippen LogP contribution in [0.15, 0.2) is 66.5 Å². The second kappa shape index (κ2) is 7.96. The molecule has 4 rings (SSSR count). The number of hydrogen-bond acceptors (Lipinski definition) is 4. The van der Waals surface area contributed by atoms with E-state index in [4.69, 9.17) is 11.6 Å². The van der Waals surface area contributed by atoms with Crippen LogP contribution in [0.5, 0.6) is 0 Å². The third kappa shape index (κ3) is 3.59. The van der Waals surface area contributed by atoms with Crippen molar-refractivity contribution >= 4 is 34.7 Å². The number of aliphatic hydroxyl groups excluding tert-OH is 1. The number of carbonyl (C=O) groups is 2.